The Kier molecular flexibility index (Phi) is 9.49. The summed E-state index contributed by atoms with van der Waals surface area (Å²) in [5.41, 5.74) is 8.98. The van der Waals surface area contributed by atoms with Gasteiger partial charge < -0.3 is 24.8 Å². The molecule has 0 fully saturated rings. The third-order valence-electron chi connectivity index (χ3n) is 9.61. The van der Waals surface area contributed by atoms with E-state index in [1.807, 2.05) is 0 Å². The average molecular weight is 766 g/mol. The second-order valence-electron chi connectivity index (χ2n) is 14.1. The number of halogens is 2. The van der Waals surface area contributed by atoms with Crippen molar-refractivity contribution in [2.75, 3.05) is 0 Å². The van der Waals surface area contributed by atoms with Gasteiger partial charge in [0.1, 0.15) is 0 Å². The standard InChI is InChI=1S/C32H44O2Si2.2ClH.Hf/c1-31(2,3)35(7,8)33-29-21-23-15-11-13-17-25(23)27(29)19-20-28-26-18-14-12-16-24(26)22-30(28)34-36(9,10)32(4,5)6;;;/h11-18,21-22H,19-20H2,1-10H3;2*1H;/q;;;+2/p-2. The first-order chi connectivity index (χ1) is 17.1. The second kappa shape index (κ2) is 11.2. The number of hydrogen-bond acceptors (Lipinski definition) is 2. The van der Waals surface area contributed by atoms with Crippen LogP contribution in [0.3, 0.4) is 0 Å². The van der Waals surface area contributed by atoms with Gasteiger partial charge in [0.25, 0.3) is 0 Å². The van der Waals surface area contributed by atoms with Crippen molar-refractivity contribution in [1.29, 1.82) is 0 Å². The normalized spacial score (nSPS) is 20.3. The maximum Gasteiger partial charge on any atom is -1.00 e. The molecule has 0 saturated heterocycles. The van der Waals surface area contributed by atoms with Crippen molar-refractivity contribution in [3.8, 4) is 0 Å². The zero-order chi connectivity index (χ0) is 27.0. The Bertz CT molecular complexity index is 1200. The smallest absolute Gasteiger partial charge is 1.00 e. The number of allylic oxidation sites excluding steroid dienone is 4. The number of rotatable bonds is 4. The van der Waals surface area contributed by atoms with Crippen LogP contribution >= 0.6 is 0 Å². The molecular formula is C32H44Cl2HfO2Si2. The van der Waals surface area contributed by atoms with Gasteiger partial charge in [-0.25, -0.2) is 0 Å². The molecule has 2 aliphatic carbocycles. The van der Waals surface area contributed by atoms with Crippen LogP contribution in [-0.4, -0.2) is 16.6 Å². The number of fused-ring (bicyclic) bond motifs is 8. The van der Waals surface area contributed by atoms with E-state index in [0.717, 1.165) is 12.8 Å². The summed E-state index contributed by atoms with van der Waals surface area (Å²) in [7, 11) is -3.94. The van der Waals surface area contributed by atoms with Gasteiger partial charge in [-0.3, -0.25) is 0 Å². The average Bonchev–Trinajstić information content (AvgIpc) is 3.24. The topological polar surface area (TPSA) is 18.5 Å². The molecule has 0 aromatic heterocycles. The Hall–Kier alpha value is -0.596. The second-order valence-corrected chi connectivity index (χ2v) is 28.9. The zero-order valence-electron chi connectivity index (χ0n) is 25.3. The van der Waals surface area contributed by atoms with E-state index in [-0.39, 0.29) is 34.9 Å². The van der Waals surface area contributed by atoms with Crippen LogP contribution in [0.15, 0.2) is 60.0 Å². The predicted octanol–water partition coefficient (Wildman–Crippen LogP) is 3.85. The third-order valence-corrected chi connectivity index (χ3v) is 24.8. The van der Waals surface area contributed by atoms with E-state index in [1.54, 1.807) is 0 Å². The summed E-state index contributed by atoms with van der Waals surface area (Å²) < 4.78 is 15.5. The van der Waals surface area contributed by atoms with Crippen LogP contribution in [0.2, 0.25) is 36.3 Å². The van der Waals surface area contributed by atoms with Gasteiger partial charge in [0, 0.05) is 0 Å². The van der Waals surface area contributed by atoms with Crippen molar-refractivity contribution in [3.05, 3.63) is 82.3 Å². The van der Waals surface area contributed by atoms with Crippen LogP contribution in [0.1, 0.15) is 84.0 Å². The first-order valence-corrected chi connectivity index (χ1v) is 23.9. The molecule has 7 heteroatoms. The van der Waals surface area contributed by atoms with Crippen LogP contribution in [-0.2, 0) is 31.8 Å². The molecule has 0 amide bonds. The summed E-state index contributed by atoms with van der Waals surface area (Å²) >= 11 is -1.41. The molecule has 3 aliphatic rings. The molecule has 2 aromatic rings. The molecule has 1 heterocycles. The van der Waals surface area contributed by atoms with Crippen LogP contribution in [0.5, 0.6) is 0 Å². The van der Waals surface area contributed by atoms with E-state index >= 15 is 0 Å². The molecule has 2 atom stereocenters. The van der Waals surface area contributed by atoms with E-state index < -0.39 is 39.5 Å². The maximum absolute atomic E-state index is 7.31. The fourth-order valence-corrected chi connectivity index (χ4v) is 15.4. The molecule has 1 aliphatic heterocycles. The van der Waals surface area contributed by atoms with Crippen LogP contribution in [0, 0.1) is 0 Å². The van der Waals surface area contributed by atoms with Gasteiger partial charge in [-0.05, 0) is 0 Å². The molecule has 39 heavy (non-hydrogen) atoms. The Morgan fingerprint density at radius 2 is 0.949 bits per heavy atom. The summed E-state index contributed by atoms with van der Waals surface area (Å²) in [6.07, 6.45) is 2.06. The number of benzene rings is 2. The quantitative estimate of drug-likeness (QED) is 0.441. The largest absolute Gasteiger partial charge is 1.00 e. The van der Waals surface area contributed by atoms with Crippen molar-refractivity contribution >= 4 is 27.8 Å². The Labute approximate surface area is 262 Å². The molecule has 4 bridgehead atoms. The van der Waals surface area contributed by atoms with Gasteiger partial charge >= 0.3 is 240 Å². The van der Waals surface area contributed by atoms with Crippen LogP contribution in [0.25, 0.3) is 11.1 Å². The fraction of sp³-hybridized carbons (Fsp3) is 0.500. The van der Waals surface area contributed by atoms with E-state index in [9.17, 15) is 0 Å². The Morgan fingerprint density at radius 3 is 1.28 bits per heavy atom. The first-order valence-electron chi connectivity index (χ1n) is 13.9. The fourth-order valence-electron chi connectivity index (χ4n) is 5.30. The van der Waals surface area contributed by atoms with Crippen LogP contribution in [0.4, 0.5) is 0 Å². The van der Waals surface area contributed by atoms with Crippen molar-refractivity contribution in [1.82, 2.24) is 0 Å². The molecule has 2 aromatic carbocycles. The number of hydrogen-bond donors (Lipinski definition) is 0. The minimum absolute atomic E-state index is 0. The van der Waals surface area contributed by atoms with Gasteiger partial charge in [0.05, 0.1) is 0 Å². The molecule has 0 saturated carbocycles. The van der Waals surface area contributed by atoms with Gasteiger partial charge in [-0.15, -0.1) is 0 Å². The Morgan fingerprint density at radius 1 is 0.615 bits per heavy atom. The third kappa shape index (κ3) is 5.74. The van der Waals surface area contributed by atoms with Crippen molar-refractivity contribution in [3.63, 3.8) is 0 Å². The van der Waals surface area contributed by atoms with E-state index in [4.69, 9.17) is 8.85 Å². The SMILES string of the molecule is CC(C)(C)[Si](C)(C)OC1=C2CCC3=C(O[Si](C)(C)C(C)(C)C)[C@H]([Hf+2][C@H]1c1ccccc12)c1ccccc13.[Cl-].[Cl-]. The molecule has 0 N–H and O–H groups in total. The van der Waals surface area contributed by atoms with E-state index in [2.05, 4.69) is 116 Å². The van der Waals surface area contributed by atoms with Gasteiger partial charge in [0.2, 0.25) is 0 Å². The van der Waals surface area contributed by atoms with Gasteiger partial charge in [0.15, 0.2) is 0 Å². The van der Waals surface area contributed by atoms with Gasteiger partial charge in [-0.1, -0.05) is 0 Å². The van der Waals surface area contributed by atoms with Crippen molar-refractivity contribution in [2.45, 2.75) is 98.0 Å². The molecular weight excluding hydrogens is 722 g/mol. The minimum Gasteiger partial charge on any atom is -1.00 e. The summed E-state index contributed by atoms with van der Waals surface area (Å²) in [4.78, 5) is 0. The van der Waals surface area contributed by atoms with Crippen molar-refractivity contribution < 1.29 is 56.6 Å². The zero-order valence-corrected chi connectivity index (χ0v) is 32.4. The van der Waals surface area contributed by atoms with Crippen LogP contribution < -0.4 is 24.8 Å². The Balaban J connectivity index is 0.00000210. The molecule has 5 rings (SSSR count). The maximum atomic E-state index is 7.31. The van der Waals surface area contributed by atoms with E-state index in [0.29, 0.717) is 7.35 Å². The molecule has 2 nitrogen and oxygen atoms in total. The van der Waals surface area contributed by atoms with Crippen molar-refractivity contribution in [2.24, 2.45) is 0 Å². The molecule has 0 spiro atoms. The predicted molar refractivity (Wildman–Crippen MR) is 158 cm³/mol. The summed E-state index contributed by atoms with van der Waals surface area (Å²) in [6, 6.07) is 18.4. The summed E-state index contributed by atoms with van der Waals surface area (Å²) in [6.45, 7) is 23.9. The minimum atomic E-state index is -1.97. The summed E-state index contributed by atoms with van der Waals surface area (Å²) in [5.74, 6) is 2.71. The molecule has 0 unspecified atom stereocenters. The summed E-state index contributed by atoms with van der Waals surface area (Å²) in [5, 5.41) is 0.364. The molecule has 210 valence electrons. The molecule has 0 radical (unpaired) electrons. The van der Waals surface area contributed by atoms with E-state index in [1.165, 1.54) is 44.9 Å². The van der Waals surface area contributed by atoms with Gasteiger partial charge in [-0.2, -0.15) is 0 Å². The first kappa shape index (κ1) is 32.9. The monoisotopic (exact) mass is 766 g/mol.